The van der Waals surface area contributed by atoms with Gasteiger partial charge in [0.2, 0.25) is 10.0 Å². The topological polar surface area (TPSA) is 77.9 Å². The molecule has 0 bridgehead atoms. The molecule has 0 unspecified atom stereocenters. The van der Waals surface area contributed by atoms with Crippen molar-refractivity contribution in [1.82, 2.24) is 9.21 Å². The number of nitrogens with zero attached hydrogens (tertiary/aromatic N) is 2. The number of hydrogen-bond acceptors (Lipinski definition) is 5. The van der Waals surface area contributed by atoms with Crippen molar-refractivity contribution >= 4 is 15.8 Å². The molecule has 0 amide bonds. The van der Waals surface area contributed by atoms with Crippen molar-refractivity contribution in [3.8, 4) is 0 Å². The number of carbonyl (C=O) groups is 1. The fourth-order valence-corrected chi connectivity index (χ4v) is 5.09. The highest BCUT2D eigenvalue weighted by atomic mass is 32.2. The van der Waals surface area contributed by atoms with Crippen molar-refractivity contribution < 1.29 is 18.3 Å². The van der Waals surface area contributed by atoms with Gasteiger partial charge >= 0.3 is 0 Å². The van der Waals surface area contributed by atoms with Gasteiger partial charge in [-0.05, 0) is 38.3 Å². The Balaban J connectivity index is 1.69. The van der Waals surface area contributed by atoms with E-state index in [4.69, 9.17) is 0 Å². The van der Waals surface area contributed by atoms with Crippen molar-refractivity contribution in [2.75, 3.05) is 26.2 Å². The first-order chi connectivity index (χ1) is 11.4. The van der Waals surface area contributed by atoms with Gasteiger partial charge in [0.1, 0.15) is 0 Å². The van der Waals surface area contributed by atoms with E-state index < -0.39 is 10.0 Å². The molecule has 0 radical (unpaired) electrons. The van der Waals surface area contributed by atoms with E-state index in [0.29, 0.717) is 31.2 Å². The number of piperidine rings is 1. The van der Waals surface area contributed by atoms with Gasteiger partial charge in [-0.2, -0.15) is 4.31 Å². The number of Topliss-reactive ketones (excluding diaryl/α,β-unsaturated/α-hetero) is 1. The number of rotatable bonds is 4. The van der Waals surface area contributed by atoms with Gasteiger partial charge in [0, 0.05) is 37.8 Å². The molecular weight excluding hydrogens is 328 g/mol. The molecule has 2 heterocycles. The fourth-order valence-electron chi connectivity index (χ4n) is 3.57. The SMILES string of the molecule is CC(=O)c1cccc(S(=O)(=O)N2CCC(N3CC[C@H](O)C3)CC2)c1. The third-order valence-electron chi connectivity index (χ3n) is 5.01. The van der Waals surface area contributed by atoms with Crippen molar-refractivity contribution in [3.05, 3.63) is 29.8 Å². The first-order valence-corrected chi connectivity index (χ1v) is 9.85. The Morgan fingerprint density at radius 1 is 1.17 bits per heavy atom. The molecule has 0 aliphatic carbocycles. The van der Waals surface area contributed by atoms with E-state index >= 15 is 0 Å². The molecule has 2 fully saturated rings. The zero-order valence-corrected chi connectivity index (χ0v) is 14.7. The van der Waals surface area contributed by atoms with Crippen LogP contribution in [0.2, 0.25) is 0 Å². The quantitative estimate of drug-likeness (QED) is 0.822. The number of hydrogen-bond donors (Lipinski definition) is 1. The van der Waals surface area contributed by atoms with Gasteiger partial charge < -0.3 is 5.11 Å². The van der Waals surface area contributed by atoms with Gasteiger partial charge in [0.25, 0.3) is 0 Å². The second-order valence-corrected chi connectivity index (χ2v) is 8.59. The summed E-state index contributed by atoms with van der Waals surface area (Å²) in [6.07, 6.45) is 2.11. The highest BCUT2D eigenvalue weighted by molar-refractivity contribution is 7.89. The predicted octanol–water partition coefficient (Wildman–Crippen LogP) is 1.11. The van der Waals surface area contributed by atoms with Gasteiger partial charge in [-0.25, -0.2) is 8.42 Å². The second-order valence-electron chi connectivity index (χ2n) is 6.66. The Morgan fingerprint density at radius 3 is 2.46 bits per heavy atom. The minimum absolute atomic E-state index is 0.140. The summed E-state index contributed by atoms with van der Waals surface area (Å²) in [5, 5.41) is 9.66. The Hall–Kier alpha value is -1.28. The van der Waals surface area contributed by atoms with Crippen molar-refractivity contribution in [2.24, 2.45) is 0 Å². The standard InChI is InChI=1S/C17H24N2O4S/c1-13(20)14-3-2-4-17(11-14)24(22,23)19-9-5-15(6-10-19)18-8-7-16(21)12-18/h2-4,11,15-16,21H,5-10,12H2,1H3/t16-/m0/s1. The van der Waals surface area contributed by atoms with E-state index in [1.807, 2.05) is 0 Å². The van der Waals surface area contributed by atoms with Crippen LogP contribution in [0.5, 0.6) is 0 Å². The van der Waals surface area contributed by atoms with Gasteiger partial charge in [-0.15, -0.1) is 0 Å². The minimum Gasteiger partial charge on any atom is -0.392 e. The molecular formula is C17H24N2O4S. The highest BCUT2D eigenvalue weighted by Gasteiger charge is 2.34. The lowest BCUT2D eigenvalue weighted by molar-refractivity contribution is 0.101. The molecule has 1 N–H and O–H groups in total. The van der Waals surface area contributed by atoms with Crippen molar-refractivity contribution in [3.63, 3.8) is 0 Å². The molecule has 0 saturated carbocycles. The van der Waals surface area contributed by atoms with Crippen LogP contribution in [-0.4, -0.2) is 66.8 Å². The van der Waals surface area contributed by atoms with Crippen LogP contribution >= 0.6 is 0 Å². The largest absolute Gasteiger partial charge is 0.392 e. The maximum absolute atomic E-state index is 12.8. The number of ketones is 1. The Labute approximate surface area is 143 Å². The smallest absolute Gasteiger partial charge is 0.243 e. The molecule has 1 atom stereocenters. The van der Waals surface area contributed by atoms with E-state index in [-0.39, 0.29) is 16.8 Å². The zero-order valence-electron chi connectivity index (χ0n) is 13.9. The number of likely N-dealkylation sites (tertiary alicyclic amines) is 1. The Bertz CT molecular complexity index is 711. The lowest BCUT2D eigenvalue weighted by Gasteiger charge is -2.36. The molecule has 1 aromatic rings. The molecule has 0 aromatic heterocycles. The molecule has 3 rings (SSSR count). The number of aliphatic hydroxyl groups excluding tert-OH is 1. The number of benzene rings is 1. The van der Waals surface area contributed by atoms with Crippen LogP contribution in [0, 0.1) is 0 Å². The van der Waals surface area contributed by atoms with Gasteiger partial charge in [0.05, 0.1) is 11.0 Å². The van der Waals surface area contributed by atoms with E-state index in [9.17, 15) is 18.3 Å². The van der Waals surface area contributed by atoms with E-state index in [0.717, 1.165) is 25.8 Å². The van der Waals surface area contributed by atoms with Gasteiger partial charge in [0.15, 0.2) is 5.78 Å². The van der Waals surface area contributed by atoms with Crippen LogP contribution in [0.25, 0.3) is 0 Å². The van der Waals surface area contributed by atoms with Crippen molar-refractivity contribution in [1.29, 1.82) is 0 Å². The third kappa shape index (κ3) is 3.54. The lowest BCUT2D eigenvalue weighted by atomic mass is 10.1. The number of aliphatic hydroxyl groups is 1. The maximum Gasteiger partial charge on any atom is 0.243 e. The van der Waals surface area contributed by atoms with Gasteiger partial charge in [-0.3, -0.25) is 9.69 Å². The predicted molar refractivity (Wildman–Crippen MR) is 90.4 cm³/mol. The normalized spacial score (nSPS) is 24.3. The minimum atomic E-state index is -3.56. The summed E-state index contributed by atoms with van der Waals surface area (Å²) in [5.74, 6) is -0.140. The summed E-state index contributed by atoms with van der Waals surface area (Å²) in [6.45, 7) is 3.97. The monoisotopic (exact) mass is 352 g/mol. The van der Waals surface area contributed by atoms with Gasteiger partial charge in [-0.1, -0.05) is 12.1 Å². The third-order valence-corrected chi connectivity index (χ3v) is 6.91. The number of β-amino-alcohol motifs (C(OH)–C–C–N with tert-alkyl or cyclic N) is 1. The van der Waals surface area contributed by atoms with Crippen LogP contribution in [-0.2, 0) is 10.0 Å². The summed E-state index contributed by atoms with van der Waals surface area (Å²) < 4.78 is 27.1. The van der Waals surface area contributed by atoms with E-state index in [1.165, 1.54) is 17.3 Å². The first-order valence-electron chi connectivity index (χ1n) is 8.41. The molecule has 24 heavy (non-hydrogen) atoms. The average molecular weight is 352 g/mol. The maximum atomic E-state index is 12.8. The number of sulfonamides is 1. The Kier molecular flexibility index (Phi) is 5.05. The molecule has 2 aliphatic heterocycles. The molecule has 2 aliphatic rings. The molecule has 132 valence electrons. The average Bonchev–Trinajstić information content (AvgIpc) is 3.01. The van der Waals surface area contributed by atoms with Crippen LogP contribution in [0.15, 0.2) is 29.2 Å². The van der Waals surface area contributed by atoms with E-state index in [1.54, 1.807) is 18.2 Å². The summed E-state index contributed by atoms with van der Waals surface area (Å²) in [5.41, 5.74) is 0.414. The summed E-state index contributed by atoms with van der Waals surface area (Å²) in [6, 6.07) is 6.59. The number of carbonyl (C=O) groups excluding carboxylic acids is 1. The molecule has 2 saturated heterocycles. The molecule has 6 nitrogen and oxygen atoms in total. The highest BCUT2D eigenvalue weighted by Crippen LogP contribution is 2.25. The second kappa shape index (κ2) is 6.92. The molecule has 7 heteroatoms. The van der Waals surface area contributed by atoms with Crippen LogP contribution in [0.1, 0.15) is 36.5 Å². The van der Waals surface area contributed by atoms with Crippen LogP contribution in [0.4, 0.5) is 0 Å². The van der Waals surface area contributed by atoms with Crippen molar-refractivity contribution in [2.45, 2.75) is 43.2 Å². The molecule has 1 aromatic carbocycles. The lowest BCUT2D eigenvalue weighted by Crippen LogP contribution is -2.46. The first kappa shape index (κ1) is 17.5. The summed E-state index contributed by atoms with van der Waals surface area (Å²) in [7, 11) is -3.56. The van der Waals surface area contributed by atoms with E-state index in [2.05, 4.69) is 4.90 Å². The van der Waals surface area contributed by atoms with Crippen LogP contribution in [0.3, 0.4) is 0 Å². The molecule has 0 spiro atoms. The fraction of sp³-hybridized carbons (Fsp3) is 0.588. The summed E-state index contributed by atoms with van der Waals surface area (Å²) >= 11 is 0. The summed E-state index contributed by atoms with van der Waals surface area (Å²) in [4.78, 5) is 13.9. The zero-order chi connectivity index (χ0) is 17.3. The van der Waals surface area contributed by atoms with Crippen LogP contribution < -0.4 is 0 Å². The Morgan fingerprint density at radius 2 is 1.88 bits per heavy atom.